The fraction of sp³-hybridized carbons (Fsp3) is 0.600. The lowest BCUT2D eigenvalue weighted by Crippen LogP contribution is -2.16. The summed E-state index contributed by atoms with van der Waals surface area (Å²) in [7, 11) is 1.87. The third kappa shape index (κ3) is 2.26. The summed E-state index contributed by atoms with van der Waals surface area (Å²) >= 11 is 0. The van der Waals surface area contributed by atoms with E-state index in [4.69, 9.17) is 0 Å². The maximum absolute atomic E-state index is 10.0. The van der Waals surface area contributed by atoms with E-state index in [1.165, 1.54) is 32.1 Å². The number of imidazole rings is 1. The highest BCUT2D eigenvalue weighted by atomic mass is 16.3. The van der Waals surface area contributed by atoms with Gasteiger partial charge in [-0.15, -0.1) is 0 Å². The molecule has 2 N–H and O–H groups in total. The topological polar surface area (TPSA) is 63.0 Å². The Balaban J connectivity index is 2.15. The van der Waals surface area contributed by atoms with Gasteiger partial charge in [-0.2, -0.15) is 0 Å². The van der Waals surface area contributed by atoms with Gasteiger partial charge in [-0.05, 0) is 19.8 Å². The first-order valence-corrected chi connectivity index (χ1v) is 7.44. The number of aliphatic hydroxyl groups excluding tert-OH is 1. The van der Waals surface area contributed by atoms with Crippen LogP contribution in [0.3, 0.4) is 0 Å². The second kappa shape index (κ2) is 5.40. The summed E-state index contributed by atoms with van der Waals surface area (Å²) in [6, 6.07) is 2.48. The Morgan fingerprint density at radius 2 is 2.10 bits per heavy atom. The molecule has 0 saturated heterocycles. The highest BCUT2D eigenvalue weighted by Crippen LogP contribution is 2.34. The predicted molar refractivity (Wildman–Crippen MR) is 79.8 cm³/mol. The monoisotopic (exact) mass is 274 g/mol. The third-order valence-corrected chi connectivity index (χ3v) is 4.17. The van der Waals surface area contributed by atoms with Gasteiger partial charge in [-0.25, -0.2) is 9.97 Å². The second-order valence-corrected chi connectivity index (χ2v) is 5.62. The quantitative estimate of drug-likeness (QED) is 0.903. The maximum Gasteiger partial charge on any atom is 0.138 e. The van der Waals surface area contributed by atoms with Crippen molar-refractivity contribution in [3.05, 3.63) is 18.1 Å². The van der Waals surface area contributed by atoms with Crippen LogP contribution in [0.5, 0.6) is 0 Å². The molecule has 5 heteroatoms. The fourth-order valence-electron chi connectivity index (χ4n) is 3.17. The predicted octanol–water partition coefficient (Wildman–Crippen LogP) is 3.03. The molecule has 2 aromatic rings. The van der Waals surface area contributed by atoms with Gasteiger partial charge in [0.25, 0.3) is 0 Å². The van der Waals surface area contributed by atoms with Crippen molar-refractivity contribution in [2.75, 3.05) is 12.4 Å². The lowest BCUT2D eigenvalue weighted by atomic mass is 9.95. The normalized spacial score (nSPS) is 18.4. The van der Waals surface area contributed by atoms with Gasteiger partial charge in [0, 0.05) is 19.2 Å². The molecule has 3 rings (SSSR count). The maximum atomic E-state index is 10.0. The van der Waals surface area contributed by atoms with Gasteiger partial charge in [0.05, 0.1) is 11.7 Å². The first-order valence-electron chi connectivity index (χ1n) is 7.44. The molecular weight excluding hydrogens is 252 g/mol. The number of hydrogen-bond acceptors (Lipinski definition) is 4. The number of hydrogen-bond donors (Lipinski definition) is 2. The van der Waals surface area contributed by atoms with Crippen molar-refractivity contribution >= 4 is 16.9 Å². The number of fused-ring (bicyclic) bond motifs is 1. The minimum absolute atomic E-state index is 0.449. The van der Waals surface area contributed by atoms with Crippen LogP contribution in [0.25, 0.3) is 11.0 Å². The molecule has 1 atom stereocenters. The minimum Gasteiger partial charge on any atom is -0.385 e. The largest absolute Gasteiger partial charge is 0.385 e. The summed E-state index contributed by atoms with van der Waals surface area (Å²) < 4.78 is 2.24. The van der Waals surface area contributed by atoms with Crippen molar-refractivity contribution in [3.8, 4) is 0 Å². The Labute approximate surface area is 119 Å². The number of anilines is 1. The molecule has 1 unspecified atom stereocenters. The van der Waals surface area contributed by atoms with E-state index in [9.17, 15) is 5.11 Å². The average Bonchev–Trinajstić information content (AvgIpc) is 2.86. The Bertz CT molecular complexity index is 599. The molecular formula is C15H22N4O. The van der Waals surface area contributed by atoms with Gasteiger partial charge in [0.1, 0.15) is 23.3 Å². The van der Waals surface area contributed by atoms with Crippen molar-refractivity contribution < 1.29 is 5.11 Å². The van der Waals surface area contributed by atoms with E-state index in [0.29, 0.717) is 6.04 Å². The highest BCUT2D eigenvalue weighted by molar-refractivity contribution is 5.78. The molecule has 5 nitrogen and oxygen atoms in total. The lowest BCUT2D eigenvalue weighted by Gasteiger charge is -2.26. The Hall–Kier alpha value is -1.62. The van der Waals surface area contributed by atoms with Gasteiger partial charge in [0.2, 0.25) is 0 Å². The van der Waals surface area contributed by atoms with Crippen LogP contribution in [0.1, 0.15) is 57.0 Å². The number of aromatic nitrogens is 3. The Morgan fingerprint density at radius 1 is 1.35 bits per heavy atom. The molecule has 0 aromatic carbocycles. The third-order valence-electron chi connectivity index (χ3n) is 4.17. The smallest absolute Gasteiger partial charge is 0.138 e. The van der Waals surface area contributed by atoms with E-state index < -0.39 is 6.10 Å². The van der Waals surface area contributed by atoms with Crippen molar-refractivity contribution in [1.82, 2.24) is 14.5 Å². The van der Waals surface area contributed by atoms with Crippen molar-refractivity contribution in [1.29, 1.82) is 0 Å². The van der Waals surface area contributed by atoms with Crippen LogP contribution >= 0.6 is 0 Å². The van der Waals surface area contributed by atoms with Gasteiger partial charge < -0.3 is 15.0 Å². The van der Waals surface area contributed by atoms with E-state index >= 15 is 0 Å². The summed E-state index contributed by atoms with van der Waals surface area (Å²) in [6.07, 6.45) is 7.40. The first kappa shape index (κ1) is 13.4. The Kier molecular flexibility index (Phi) is 3.61. The molecule has 0 amide bonds. The molecule has 2 aromatic heterocycles. The molecule has 1 fully saturated rings. The molecule has 0 bridgehead atoms. The number of aliphatic hydroxyl groups is 1. The first-order chi connectivity index (χ1) is 9.70. The number of pyridine rings is 1. The zero-order valence-corrected chi connectivity index (χ0v) is 12.1. The van der Waals surface area contributed by atoms with E-state index in [0.717, 1.165) is 22.7 Å². The van der Waals surface area contributed by atoms with Crippen LogP contribution < -0.4 is 5.32 Å². The van der Waals surface area contributed by atoms with Crippen LogP contribution in [0.4, 0.5) is 5.82 Å². The highest BCUT2D eigenvalue weighted by Gasteiger charge is 2.23. The molecule has 0 radical (unpaired) electrons. The summed E-state index contributed by atoms with van der Waals surface area (Å²) in [4.78, 5) is 8.90. The molecule has 1 saturated carbocycles. The van der Waals surface area contributed by atoms with Gasteiger partial charge in [-0.1, -0.05) is 19.3 Å². The number of nitrogens with zero attached hydrogens (tertiary/aromatic N) is 3. The van der Waals surface area contributed by atoms with Gasteiger partial charge in [-0.3, -0.25) is 0 Å². The van der Waals surface area contributed by atoms with Crippen LogP contribution in [0.2, 0.25) is 0 Å². The molecule has 0 aliphatic heterocycles. The van der Waals surface area contributed by atoms with Gasteiger partial charge >= 0.3 is 0 Å². The number of nitrogens with one attached hydrogen (secondary N) is 1. The minimum atomic E-state index is -0.553. The van der Waals surface area contributed by atoms with Crippen molar-refractivity contribution in [2.24, 2.45) is 0 Å². The second-order valence-electron chi connectivity index (χ2n) is 5.62. The summed E-state index contributed by atoms with van der Waals surface area (Å²) in [5.41, 5.74) is 1.94. The standard InChI is InChI=1S/C15H22N4O/c1-10(20)15-18-12-9-17-14(16-2)8-13(12)19(15)11-6-4-3-5-7-11/h8-11,20H,3-7H2,1-2H3,(H,16,17). The van der Waals surface area contributed by atoms with Crippen molar-refractivity contribution in [2.45, 2.75) is 51.2 Å². The molecule has 20 heavy (non-hydrogen) atoms. The van der Waals surface area contributed by atoms with E-state index in [1.54, 1.807) is 13.1 Å². The molecule has 0 spiro atoms. The lowest BCUT2D eigenvalue weighted by molar-refractivity contribution is 0.178. The van der Waals surface area contributed by atoms with E-state index in [2.05, 4.69) is 19.9 Å². The van der Waals surface area contributed by atoms with E-state index in [-0.39, 0.29) is 0 Å². The summed E-state index contributed by atoms with van der Waals surface area (Å²) in [6.45, 7) is 1.78. The SMILES string of the molecule is CNc1cc2c(cn1)nc(C(C)O)n2C1CCCCC1. The summed E-state index contributed by atoms with van der Waals surface area (Å²) in [5, 5.41) is 13.1. The van der Waals surface area contributed by atoms with Crippen LogP contribution in [0, 0.1) is 0 Å². The molecule has 108 valence electrons. The zero-order valence-electron chi connectivity index (χ0n) is 12.1. The number of rotatable bonds is 3. The Morgan fingerprint density at radius 3 is 2.75 bits per heavy atom. The summed E-state index contributed by atoms with van der Waals surface area (Å²) in [5.74, 6) is 1.61. The van der Waals surface area contributed by atoms with Crippen molar-refractivity contribution in [3.63, 3.8) is 0 Å². The average molecular weight is 274 g/mol. The van der Waals surface area contributed by atoms with Crippen LogP contribution in [-0.2, 0) is 0 Å². The molecule has 1 aliphatic rings. The molecule has 1 aliphatic carbocycles. The van der Waals surface area contributed by atoms with Gasteiger partial charge in [0.15, 0.2) is 0 Å². The fourth-order valence-corrected chi connectivity index (χ4v) is 3.17. The zero-order chi connectivity index (χ0) is 14.1. The van der Waals surface area contributed by atoms with Crippen LogP contribution in [-0.4, -0.2) is 26.7 Å². The molecule has 2 heterocycles. The van der Waals surface area contributed by atoms with Crippen LogP contribution in [0.15, 0.2) is 12.3 Å². The van der Waals surface area contributed by atoms with E-state index in [1.807, 2.05) is 13.1 Å².